The maximum absolute atomic E-state index is 8.48. The summed E-state index contributed by atoms with van der Waals surface area (Å²) in [5.74, 6) is 2.34. The summed E-state index contributed by atoms with van der Waals surface area (Å²) in [5, 5.41) is 22.1. The van der Waals surface area contributed by atoms with Crippen molar-refractivity contribution in [3.63, 3.8) is 0 Å². The molecule has 1 rings (SSSR count). The highest BCUT2D eigenvalue weighted by Gasteiger charge is 2.02. The number of nitrogens with one attached hydrogen (secondary N) is 2. The maximum atomic E-state index is 8.48. The number of guanidine groups is 1. The SMILES string of the molecule is CN=C(NC#N)NCCSCc1cc(C)nnc1C. The number of nitriles is 1. The second-order valence-electron chi connectivity index (χ2n) is 3.88. The molecule has 0 aromatic carbocycles. The van der Waals surface area contributed by atoms with E-state index in [9.17, 15) is 0 Å². The predicted molar refractivity (Wildman–Crippen MR) is 77.8 cm³/mol. The van der Waals surface area contributed by atoms with Crippen molar-refractivity contribution in [1.82, 2.24) is 20.8 Å². The molecule has 0 spiro atoms. The lowest BCUT2D eigenvalue weighted by Gasteiger charge is -2.07. The minimum absolute atomic E-state index is 0.501. The molecule has 0 aliphatic carbocycles. The molecule has 0 unspecified atom stereocenters. The number of aliphatic imine (C=N–C) groups is 1. The molecule has 0 saturated carbocycles. The van der Waals surface area contributed by atoms with E-state index in [-0.39, 0.29) is 0 Å². The molecule has 0 fully saturated rings. The van der Waals surface area contributed by atoms with E-state index in [0.717, 1.165) is 29.4 Å². The normalized spacial score (nSPS) is 10.9. The molecule has 1 aromatic heterocycles. The molecule has 1 aromatic rings. The molecular weight excluding hydrogens is 260 g/mol. The first kappa shape index (κ1) is 15.2. The summed E-state index contributed by atoms with van der Waals surface area (Å²) < 4.78 is 0. The molecule has 6 nitrogen and oxygen atoms in total. The van der Waals surface area contributed by atoms with Crippen molar-refractivity contribution in [2.24, 2.45) is 4.99 Å². The fraction of sp³-hybridized carbons (Fsp3) is 0.500. The Labute approximate surface area is 117 Å². The Kier molecular flexibility index (Phi) is 6.68. The zero-order valence-corrected chi connectivity index (χ0v) is 12.2. The summed E-state index contributed by atoms with van der Waals surface area (Å²) in [5.41, 5.74) is 3.14. The second kappa shape index (κ2) is 8.32. The number of rotatable bonds is 5. The topological polar surface area (TPSA) is 86.0 Å². The smallest absolute Gasteiger partial charge is 0.204 e. The van der Waals surface area contributed by atoms with Crippen LogP contribution in [0.1, 0.15) is 17.0 Å². The highest BCUT2D eigenvalue weighted by molar-refractivity contribution is 7.98. The van der Waals surface area contributed by atoms with Gasteiger partial charge in [-0.05, 0) is 25.5 Å². The summed E-state index contributed by atoms with van der Waals surface area (Å²) in [6.45, 7) is 4.67. The van der Waals surface area contributed by atoms with E-state index in [1.54, 1.807) is 18.8 Å². The first-order valence-electron chi connectivity index (χ1n) is 5.90. The van der Waals surface area contributed by atoms with Gasteiger partial charge < -0.3 is 5.32 Å². The Hall–Kier alpha value is -1.81. The lowest BCUT2D eigenvalue weighted by atomic mass is 10.2. The van der Waals surface area contributed by atoms with Crippen LogP contribution in [-0.4, -0.2) is 35.5 Å². The molecule has 1 heterocycles. The quantitative estimate of drug-likeness (QED) is 0.274. The van der Waals surface area contributed by atoms with Crippen LogP contribution in [0.15, 0.2) is 11.1 Å². The van der Waals surface area contributed by atoms with Crippen LogP contribution in [0, 0.1) is 25.3 Å². The fourth-order valence-electron chi connectivity index (χ4n) is 1.41. The third kappa shape index (κ3) is 5.57. The van der Waals surface area contributed by atoms with Gasteiger partial charge in [0.15, 0.2) is 6.19 Å². The van der Waals surface area contributed by atoms with E-state index in [1.807, 2.05) is 20.0 Å². The Balaban J connectivity index is 2.28. The second-order valence-corrected chi connectivity index (χ2v) is 4.99. The maximum Gasteiger partial charge on any atom is 0.204 e. The van der Waals surface area contributed by atoms with Crippen molar-refractivity contribution in [3.8, 4) is 6.19 Å². The molecule has 0 radical (unpaired) electrons. The van der Waals surface area contributed by atoms with Crippen molar-refractivity contribution in [1.29, 1.82) is 5.26 Å². The molecule has 0 amide bonds. The van der Waals surface area contributed by atoms with Gasteiger partial charge in [-0.2, -0.15) is 27.2 Å². The summed E-state index contributed by atoms with van der Waals surface area (Å²) in [4.78, 5) is 3.90. The Morgan fingerprint density at radius 2 is 2.26 bits per heavy atom. The van der Waals surface area contributed by atoms with Gasteiger partial charge in [0, 0.05) is 25.1 Å². The number of nitrogens with zero attached hydrogens (tertiary/aromatic N) is 4. The number of hydrogen-bond acceptors (Lipinski definition) is 5. The summed E-state index contributed by atoms with van der Waals surface area (Å²) in [6, 6.07) is 2.07. The van der Waals surface area contributed by atoms with Gasteiger partial charge in [-0.3, -0.25) is 10.3 Å². The van der Waals surface area contributed by atoms with Crippen LogP contribution in [0.25, 0.3) is 0 Å². The van der Waals surface area contributed by atoms with Crippen LogP contribution in [-0.2, 0) is 5.75 Å². The Bertz CT molecular complexity index is 480. The van der Waals surface area contributed by atoms with Crippen LogP contribution in [0.4, 0.5) is 0 Å². The Morgan fingerprint density at radius 1 is 1.47 bits per heavy atom. The van der Waals surface area contributed by atoms with Gasteiger partial charge in [-0.15, -0.1) is 0 Å². The van der Waals surface area contributed by atoms with Gasteiger partial charge in [-0.1, -0.05) is 0 Å². The third-order valence-electron chi connectivity index (χ3n) is 2.40. The predicted octanol–water partition coefficient (Wildman–Crippen LogP) is 0.973. The zero-order valence-electron chi connectivity index (χ0n) is 11.4. The van der Waals surface area contributed by atoms with Gasteiger partial charge in [0.25, 0.3) is 0 Å². The van der Waals surface area contributed by atoms with Crippen LogP contribution in [0.3, 0.4) is 0 Å². The molecule has 0 bridgehead atoms. The van der Waals surface area contributed by atoms with Crippen LogP contribution >= 0.6 is 11.8 Å². The average Bonchev–Trinajstić information content (AvgIpc) is 2.41. The molecular formula is C12H18N6S. The van der Waals surface area contributed by atoms with Gasteiger partial charge >= 0.3 is 0 Å². The van der Waals surface area contributed by atoms with E-state index in [0.29, 0.717) is 5.96 Å². The van der Waals surface area contributed by atoms with Crippen molar-refractivity contribution in [3.05, 3.63) is 23.0 Å². The van der Waals surface area contributed by atoms with Gasteiger partial charge in [-0.25, -0.2) is 0 Å². The van der Waals surface area contributed by atoms with Crippen molar-refractivity contribution in [2.45, 2.75) is 19.6 Å². The number of hydrogen-bond donors (Lipinski definition) is 2. The molecule has 19 heavy (non-hydrogen) atoms. The van der Waals surface area contributed by atoms with Gasteiger partial charge in [0.1, 0.15) is 0 Å². The fourth-order valence-corrected chi connectivity index (χ4v) is 2.31. The molecule has 102 valence electrons. The van der Waals surface area contributed by atoms with E-state index in [1.165, 1.54) is 5.56 Å². The average molecular weight is 278 g/mol. The van der Waals surface area contributed by atoms with Crippen LogP contribution in [0.2, 0.25) is 0 Å². The van der Waals surface area contributed by atoms with Crippen molar-refractivity contribution >= 4 is 17.7 Å². The van der Waals surface area contributed by atoms with E-state index in [2.05, 4.69) is 31.9 Å². The summed E-state index contributed by atoms with van der Waals surface area (Å²) in [6.07, 6.45) is 1.83. The monoisotopic (exact) mass is 278 g/mol. The lowest BCUT2D eigenvalue weighted by Crippen LogP contribution is -2.35. The number of thioether (sulfide) groups is 1. The van der Waals surface area contributed by atoms with Gasteiger partial charge in [0.05, 0.1) is 11.4 Å². The molecule has 0 saturated heterocycles. The van der Waals surface area contributed by atoms with Crippen molar-refractivity contribution in [2.75, 3.05) is 19.3 Å². The molecule has 2 N–H and O–H groups in total. The minimum atomic E-state index is 0.501. The highest BCUT2D eigenvalue weighted by atomic mass is 32.2. The summed E-state index contributed by atoms with van der Waals surface area (Å²) in [7, 11) is 1.63. The first-order valence-corrected chi connectivity index (χ1v) is 7.06. The summed E-state index contributed by atoms with van der Waals surface area (Å²) >= 11 is 1.80. The molecule has 0 atom stereocenters. The molecule has 0 aliphatic rings. The Morgan fingerprint density at radius 3 is 2.95 bits per heavy atom. The number of aromatic nitrogens is 2. The standard InChI is InChI=1S/C12H18N6S/c1-9-6-11(10(2)18-17-9)7-19-5-4-15-12(14-3)16-8-13/h6H,4-5,7H2,1-3H3,(H2,14,15,16). The van der Waals surface area contributed by atoms with Crippen molar-refractivity contribution < 1.29 is 0 Å². The highest BCUT2D eigenvalue weighted by Crippen LogP contribution is 2.14. The lowest BCUT2D eigenvalue weighted by molar-refractivity contribution is 0.917. The minimum Gasteiger partial charge on any atom is -0.355 e. The van der Waals surface area contributed by atoms with Crippen LogP contribution in [0.5, 0.6) is 0 Å². The first-order chi connectivity index (χ1) is 9.17. The molecule has 0 aliphatic heterocycles. The largest absolute Gasteiger partial charge is 0.355 e. The van der Waals surface area contributed by atoms with E-state index in [4.69, 9.17) is 5.26 Å². The zero-order chi connectivity index (χ0) is 14.1. The number of aryl methyl sites for hydroxylation is 2. The van der Waals surface area contributed by atoms with E-state index < -0.39 is 0 Å². The van der Waals surface area contributed by atoms with Gasteiger partial charge in [0.2, 0.25) is 5.96 Å². The van der Waals surface area contributed by atoms with Crippen LogP contribution < -0.4 is 10.6 Å². The van der Waals surface area contributed by atoms with E-state index >= 15 is 0 Å². The molecule has 7 heteroatoms. The third-order valence-corrected chi connectivity index (χ3v) is 3.41.